The van der Waals surface area contributed by atoms with Crippen LogP contribution in [-0.2, 0) is 19.1 Å². The lowest BCUT2D eigenvalue weighted by Crippen LogP contribution is -2.45. The van der Waals surface area contributed by atoms with Crippen LogP contribution in [0.3, 0.4) is 0 Å². The summed E-state index contributed by atoms with van der Waals surface area (Å²) in [6, 6.07) is 9.10. The summed E-state index contributed by atoms with van der Waals surface area (Å²) in [7, 11) is 0. The number of benzene rings is 1. The molecule has 2 atom stereocenters. The summed E-state index contributed by atoms with van der Waals surface area (Å²) in [5.74, 6) is -1.96. The molecule has 1 aliphatic rings. The molecule has 0 fully saturated rings. The molecule has 1 aliphatic carbocycles. The fourth-order valence-corrected chi connectivity index (χ4v) is 3.54. The molecule has 0 saturated carbocycles. The molecule has 150 valence electrons. The molecule has 5 nitrogen and oxygen atoms in total. The Morgan fingerprint density at radius 2 is 1.71 bits per heavy atom. The van der Waals surface area contributed by atoms with E-state index in [-0.39, 0.29) is 19.6 Å². The lowest BCUT2D eigenvalue weighted by atomic mass is 9.66. The summed E-state index contributed by atoms with van der Waals surface area (Å²) in [4.78, 5) is 25.8. The van der Waals surface area contributed by atoms with E-state index in [1.165, 1.54) is 0 Å². The molecule has 0 aliphatic heterocycles. The highest BCUT2D eigenvalue weighted by Crippen LogP contribution is 2.48. The maximum atomic E-state index is 12.9. The van der Waals surface area contributed by atoms with Crippen molar-refractivity contribution in [3.63, 3.8) is 0 Å². The van der Waals surface area contributed by atoms with Crippen molar-refractivity contribution in [1.82, 2.24) is 0 Å². The smallest absolute Gasteiger partial charge is 0.327 e. The van der Waals surface area contributed by atoms with E-state index in [1.807, 2.05) is 18.2 Å². The van der Waals surface area contributed by atoms with Crippen molar-refractivity contribution in [2.45, 2.75) is 33.3 Å². The predicted molar refractivity (Wildman–Crippen MR) is 107 cm³/mol. The van der Waals surface area contributed by atoms with Crippen molar-refractivity contribution < 1.29 is 24.2 Å². The molecule has 0 saturated heterocycles. The summed E-state index contributed by atoms with van der Waals surface area (Å²) in [6.07, 6.45) is 0.609. The molecule has 28 heavy (non-hydrogen) atoms. The highest BCUT2D eigenvalue weighted by Gasteiger charge is 2.53. The molecule has 1 aromatic carbocycles. The zero-order valence-electron chi connectivity index (χ0n) is 16.7. The van der Waals surface area contributed by atoms with Gasteiger partial charge in [-0.3, -0.25) is 9.59 Å². The van der Waals surface area contributed by atoms with Crippen molar-refractivity contribution in [1.29, 1.82) is 0 Å². The zero-order chi connectivity index (χ0) is 20.9. The van der Waals surface area contributed by atoms with Crippen LogP contribution in [0.2, 0.25) is 0 Å². The Morgan fingerprint density at radius 3 is 2.18 bits per heavy atom. The van der Waals surface area contributed by atoms with Crippen LogP contribution in [0.5, 0.6) is 0 Å². The second-order valence-corrected chi connectivity index (χ2v) is 6.94. The zero-order valence-corrected chi connectivity index (χ0v) is 16.7. The number of ether oxygens (including phenoxy) is 2. The van der Waals surface area contributed by atoms with Gasteiger partial charge in [0, 0.05) is 5.92 Å². The van der Waals surface area contributed by atoms with Gasteiger partial charge in [0.2, 0.25) is 0 Å². The highest BCUT2D eigenvalue weighted by molar-refractivity contribution is 6.03. The first-order valence-electron chi connectivity index (χ1n) is 9.43. The van der Waals surface area contributed by atoms with Crippen molar-refractivity contribution >= 4 is 11.9 Å². The number of allylic oxidation sites excluding steroid dienone is 2. The van der Waals surface area contributed by atoms with Crippen molar-refractivity contribution in [3.8, 4) is 0 Å². The molecule has 1 aromatic rings. The number of aliphatic hydroxyl groups is 1. The van der Waals surface area contributed by atoms with Gasteiger partial charge in [-0.2, -0.15) is 0 Å². The van der Waals surface area contributed by atoms with E-state index in [4.69, 9.17) is 9.47 Å². The van der Waals surface area contributed by atoms with Crippen LogP contribution < -0.4 is 0 Å². The standard InChI is InChI=1S/C23H28O5/c1-6-27-21(25)23(22(26)28-7-2)13-18(15(3)4)16(5)19(14-23)20(24)17-11-9-8-10-12-17/h8-13,19-20,24H,3,5-7,14H2,1-2,4H3/t19-,20+/m0/s1. The topological polar surface area (TPSA) is 72.8 Å². The average molecular weight is 384 g/mol. The van der Waals surface area contributed by atoms with Crippen molar-refractivity contribution in [2.24, 2.45) is 11.3 Å². The van der Waals surface area contributed by atoms with Gasteiger partial charge in [-0.15, -0.1) is 0 Å². The maximum absolute atomic E-state index is 12.9. The highest BCUT2D eigenvalue weighted by atomic mass is 16.6. The summed E-state index contributed by atoms with van der Waals surface area (Å²) in [6.45, 7) is 13.5. The van der Waals surface area contributed by atoms with Gasteiger partial charge in [0.15, 0.2) is 5.41 Å². The Kier molecular flexibility index (Phi) is 6.97. The number of hydrogen-bond acceptors (Lipinski definition) is 5. The van der Waals surface area contributed by atoms with E-state index < -0.39 is 29.4 Å². The third-order valence-corrected chi connectivity index (χ3v) is 4.99. The first kappa shape index (κ1) is 21.6. The van der Waals surface area contributed by atoms with Crippen molar-refractivity contribution in [2.75, 3.05) is 13.2 Å². The van der Waals surface area contributed by atoms with E-state index in [0.29, 0.717) is 22.3 Å². The van der Waals surface area contributed by atoms with Gasteiger partial charge in [-0.05, 0) is 50.0 Å². The molecule has 0 radical (unpaired) electrons. The molecule has 1 N–H and O–H groups in total. The van der Waals surface area contributed by atoms with Gasteiger partial charge in [0.05, 0.1) is 19.3 Å². The average Bonchev–Trinajstić information content (AvgIpc) is 2.68. The van der Waals surface area contributed by atoms with E-state index in [2.05, 4.69) is 13.2 Å². The minimum absolute atomic E-state index is 0.0103. The minimum Gasteiger partial charge on any atom is -0.465 e. The second kappa shape index (κ2) is 9.02. The van der Waals surface area contributed by atoms with Gasteiger partial charge in [0.1, 0.15) is 0 Å². The van der Waals surface area contributed by atoms with Gasteiger partial charge < -0.3 is 14.6 Å². The molecule has 2 rings (SSSR count). The number of aliphatic hydroxyl groups excluding tert-OH is 1. The summed E-state index contributed by atoms with van der Waals surface area (Å²) < 4.78 is 10.4. The molecular formula is C23H28O5. The van der Waals surface area contributed by atoms with E-state index in [1.54, 1.807) is 39.0 Å². The Hall–Kier alpha value is -2.66. The second-order valence-electron chi connectivity index (χ2n) is 6.94. The molecule has 5 heteroatoms. The molecule has 0 spiro atoms. The van der Waals surface area contributed by atoms with Crippen molar-refractivity contribution in [3.05, 3.63) is 71.8 Å². The first-order chi connectivity index (χ1) is 13.3. The Labute approximate surface area is 166 Å². The fraction of sp³-hybridized carbons (Fsp3) is 0.391. The Balaban J connectivity index is 2.60. The molecule has 0 unspecified atom stereocenters. The molecule has 0 aromatic heterocycles. The first-order valence-corrected chi connectivity index (χ1v) is 9.43. The number of carbonyl (C=O) groups excluding carboxylic acids is 2. The SMILES string of the molecule is C=C(C)C1=CC(C(=O)OCC)(C(=O)OCC)C[C@H]([C@H](O)c2ccccc2)C1=C. The molecule has 0 heterocycles. The summed E-state index contributed by atoms with van der Waals surface area (Å²) in [5.41, 5.74) is 0.883. The summed E-state index contributed by atoms with van der Waals surface area (Å²) >= 11 is 0. The van der Waals surface area contributed by atoms with Crippen LogP contribution >= 0.6 is 0 Å². The van der Waals surface area contributed by atoms with Crippen LogP contribution in [-0.4, -0.2) is 30.3 Å². The van der Waals surface area contributed by atoms with Crippen LogP contribution in [0.25, 0.3) is 0 Å². The third-order valence-electron chi connectivity index (χ3n) is 4.99. The van der Waals surface area contributed by atoms with E-state index in [0.717, 1.165) is 0 Å². The van der Waals surface area contributed by atoms with Crippen LogP contribution in [0.1, 0.15) is 38.9 Å². The van der Waals surface area contributed by atoms with Gasteiger partial charge in [0.25, 0.3) is 0 Å². The number of hydrogen-bond donors (Lipinski definition) is 1. The minimum atomic E-state index is -1.65. The predicted octanol–water partition coefficient (Wildman–Crippen LogP) is 3.91. The largest absolute Gasteiger partial charge is 0.465 e. The monoisotopic (exact) mass is 384 g/mol. The lowest BCUT2D eigenvalue weighted by Gasteiger charge is -2.39. The van der Waals surface area contributed by atoms with Crippen LogP contribution in [0, 0.1) is 11.3 Å². The quantitative estimate of drug-likeness (QED) is 0.570. The lowest BCUT2D eigenvalue weighted by molar-refractivity contribution is -0.170. The normalized spacial score (nSPS) is 19.4. The molecule has 0 bridgehead atoms. The molecular weight excluding hydrogens is 356 g/mol. The third kappa shape index (κ3) is 4.09. The van der Waals surface area contributed by atoms with E-state index in [9.17, 15) is 14.7 Å². The van der Waals surface area contributed by atoms with Gasteiger partial charge in [-0.1, -0.05) is 49.1 Å². The summed E-state index contributed by atoms with van der Waals surface area (Å²) in [5, 5.41) is 11.0. The molecule has 0 amide bonds. The van der Waals surface area contributed by atoms with Crippen LogP contribution in [0.15, 0.2) is 66.3 Å². The number of carbonyl (C=O) groups is 2. The fourth-order valence-electron chi connectivity index (χ4n) is 3.54. The number of esters is 2. The Morgan fingerprint density at radius 1 is 1.18 bits per heavy atom. The van der Waals surface area contributed by atoms with Gasteiger partial charge >= 0.3 is 11.9 Å². The van der Waals surface area contributed by atoms with Gasteiger partial charge in [-0.25, -0.2) is 0 Å². The van der Waals surface area contributed by atoms with Crippen LogP contribution in [0.4, 0.5) is 0 Å². The number of rotatable bonds is 7. The Bertz CT molecular complexity index is 772. The maximum Gasteiger partial charge on any atom is 0.327 e. The van der Waals surface area contributed by atoms with E-state index >= 15 is 0 Å².